The van der Waals surface area contributed by atoms with E-state index in [4.69, 9.17) is 0 Å². The van der Waals surface area contributed by atoms with Gasteiger partial charge >= 0.3 is 5.00 Å². The third-order valence-electron chi connectivity index (χ3n) is 3.14. The largest absolute Gasteiger partial charge is 0.324 e. The number of aromatic nitrogens is 1. The molecule has 6 nitrogen and oxygen atoms in total. The van der Waals surface area contributed by atoms with Crippen LogP contribution in [0.25, 0.3) is 11.3 Å². The summed E-state index contributed by atoms with van der Waals surface area (Å²) in [6.07, 6.45) is 2.01. The van der Waals surface area contributed by atoms with Crippen molar-refractivity contribution in [1.82, 2.24) is 4.98 Å². The van der Waals surface area contributed by atoms with Crippen molar-refractivity contribution >= 4 is 50.5 Å². The molecule has 0 spiro atoms. The van der Waals surface area contributed by atoms with Crippen LogP contribution in [-0.2, 0) is 0 Å². The molecule has 2 aromatic heterocycles. The van der Waals surface area contributed by atoms with E-state index in [-0.39, 0.29) is 10.6 Å². The fourth-order valence-corrected chi connectivity index (χ4v) is 3.76. The van der Waals surface area contributed by atoms with Crippen molar-refractivity contribution in [2.75, 3.05) is 11.6 Å². The highest BCUT2D eigenvalue weighted by atomic mass is 32.2. The summed E-state index contributed by atoms with van der Waals surface area (Å²) in [6, 6.07) is 9.25. The SMILES string of the molecule is CSc1ccc(-c2csc(NC(=O)c3csc([N+](=O)[O-])c3)n2)cc1. The van der Waals surface area contributed by atoms with E-state index < -0.39 is 10.8 Å². The number of nitro groups is 1. The maximum Gasteiger partial charge on any atom is 0.324 e. The van der Waals surface area contributed by atoms with Gasteiger partial charge in [-0.3, -0.25) is 20.2 Å². The molecule has 122 valence electrons. The second-order valence-electron chi connectivity index (χ2n) is 4.65. The number of hydrogen-bond acceptors (Lipinski definition) is 7. The number of nitrogens with one attached hydrogen (secondary N) is 1. The Morgan fingerprint density at radius 1 is 1.25 bits per heavy atom. The molecule has 0 unspecified atom stereocenters. The smallest absolute Gasteiger partial charge is 0.298 e. The predicted octanol–water partition coefficient (Wildman–Crippen LogP) is 4.75. The van der Waals surface area contributed by atoms with E-state index in [1.807, 2.05) is 35.9 Å². The molecule has 24 heavy (non-hydrogen) atoms. The van der Waals surface area contributed by atoms with Crippen molar-refractivity contribution in [2.24, 2.45) is 0 Å². The molecule has 0 bridgehead atoms. The van der Waals surface area contributed by atoms with Crippen molar-refractivity contribution < 1.29 is 9.72 Å². The topological polar surface area (TPSA) is 85.1 Å². The van der Waals surface area contributed by atoms with E-state index in [1.165, 1.54) is 27.7 Å². The minimum Gasteiger partial charge on any atom is -0.298 e. The number of thioether (sulfide) groups is 1. The van der Waals surface area contributed by atoms with Gasteiger partial charge in [0.2, 0.25) is 0 Å². The standard InChI is InChI=1S/C15H11N3O3S3/c1-22-11-4-2-9(3-5-11)12-8-24-15(16-12)17-14(19)10-6-13(18(20)21)23-7-10/h2-8H,1H3,(H,16,17,19). The Kier molecular flexibility index (Phi) is 4.93. The normalized spacial score (nSPS) is 10.5. The highest BCUT2D eigenvalue weighted by Gasteiger charge is 2.16. The highest BCUT2D eigenvalue weighted by molar-refractivity contribution is 7.98. The molecule has 0 aliphatic carbocycles. The van der Waals surface area contributed by atoms with E-state index >= 15 is 0 Å². The summed E-state index contributed by atoms with van der Waals surface area (Å²) in [5.74, 6) is -0.405. The molecule has 0 saturated carbocycles. The Hall–Kier alpha value is -2.23. The molecular weight excluding hydrogens is 366 g/mol. The van der Waals surface area contributed by atoms with Gasteiger partial charge in [0.1, 0.15) is 0 Å². The maximum atomic E-state index is 12.1. The monoisotopic (exact) mass is 377 g/mol. The number of benzene rings is 1. The van der Waals surface area contributed by atoms with Gasteiger partial charge in [-0.1, -0.05) is 23.5 Å². The Labute approximate surface area is 149 Å². The molecule has 0 atom stereocenters. The van der Waals surface area contributed by atoms with Gasteiger partial charge < -0.3 is 0 Å². The first-order valence-corrected chi connectivity index (χ1v) is 9.69. The Morgan fingerprint density at radius 3 is 2.62 bits per heavy atom. The summed E-state index contributed by atoms with van der Waals surface area (Å²) in [5, 5.41) is 17.1. The van der Waals surface area contributed by atoms with Crippen LogP contribution in [0.15, 0.2) is 46.0 Å². The van der Waals surface area contributed by atoms with Crippen LogP contribution in [0, 0.1) is 10.1 Å². The van der Waals surface area contributed by atoms with Crippen molar-refractivity contribution in [2.45, 2.75) is 4.90 Å². The Balaban J connectivity index is 1.72. The average molecular weight is 377 g/mol. The number of rotatable bonds is 5. The Morgan fingerprint density at radius 2 is 2.00 bits per heavy atom. The van der Waals surface area contributed by atoms with Gasteiger partial charge in [0.15, 0.2) is 5.13 Å². The summed E-state index contributed by atoms with van der Waals surface area (Å²) < 4.78 is 0. The lowest BCUT2D eigenvalue weighted by Gasteiger charge is -2.00. The first-order valence-electron chi connectivity index (χ1n) is 6.71. The van der Waals surface area contributed by atoms with E-state index in [2.05, 4.69) is 10.3 Å². The summed E-state index contributed by atoms with van der Waals surface area (Å²) in [7, 11) is 0. The number of anilines is 1. The van der Waals surface area contributed by atoms with E-state index in [0.29, 0.717) is 5.13 Å². The van der Waals surface area contributed by atoms with Crippen LogP contribution in [0.3, 0.4) is 0 Å². The second-order valence-corrected chi connectivity index (χ2v) is 7.28. The van der Waals surface area contributed by atoms with Crippen LogP contribution in [0.1, 0.15) is 10.4 Å². The van der Waals surface area contributed by atoms with Gasteiger partial charge in [-0.25, -0.2) is 4.98 Å². The van der Waals surface area contributed by atoms with Crippen molar-refractivity contribution in [1.29, 1.82) is 0 Å². The molecule has 0 saturated heterocycles. The Bertz CT molecular complexity index is 887. The van der Waals surface area contributed by atoms with Gasteiger partial charge in [-0.2, -0.15) is 0 Å². The molecule has 0 fully saturated rings. The maximum absolute atomic E-state index is 12.1. The molecule has 3 rings (SSSR count). The van der Waals surface area contributed by atoms with Crippen LogP contribution in [0.2, 0.25) is 0 Å². The zero-order valence-electron chi connectivity index (χ0n) is 12.4. The summed E-state index contributed by atoms with van der Waals surface area (Å²) >= 11 is 3.90. The van der Waals surface area contributed by atoms with Crippen LogP contribution in [0.5, 0.6) is 0 Å². The van der Waals surface area contributed by atoms with Crippen LogP contribution in [-0.4, -0.2) is 22.1 Å². The lowest BCUT2D eigenvalue weighted by molar-refractivity contribution is -0.380. The fourth-order valence-electron chi connectivity index (χ4n) is 1.93. The number of nitrogens with zero attached hydrogens (tertiary/aromatic N) is 2. The zero-order valence-corrected chi connectivity index (χ0v) is 14.8. The molecule has 1 amide bonds. The minimum absolute atomic E-state index is 0.0612. The van der Waals surface area contributed by atoms with Gasteiger partial charge in [-0.15, -0.1) is 23.1 Å². The number of thiophene rings is 1. The van der Waals surface area contributed by atoms with Crippen LogP contribution < -0.4 is 5.32 Å². The van der Waals surface area contributed by atoms with Crippen molar-refractivity contribution in [3.8, 4) is 11.3 Å². The molecule has 9 heteroatoms. The average Bonchev–Trinajstić information content (AvgIpc) is 3.24. The zero-order chi connectivity index (χ0) is 17.1. The van der Waals surface area contributed by atoms with Gasteiger partial charge in [-0.05, 0) is 18.4 Å². The summed E-state index contributed by atoms with van der Waals surface area (Å²) in [5.41, 5.74) is 2.00. The van der Waals surface area contributed by atoms with E-state index in [0.717, 1.165) is 22.6 Å². The molecule has 0 radical (unpaired) electrons. The minimum atomic E-state index is -0.513. The second kappa shape index (κ2) is 7.12. The van der Waals surface area contributed by atoms with Crippen LogP contribution >= 0.6 is 34.4 Å². The van der Waals surface area contributed by atoms with Gasteiger partial charge in [0, 0.05) is 27.3 Å². The molecule has 2 heterocycles. The highest BCUT2D eigenvalue weighted by Crippen LogP contribution is 2.28. The first-order chi connectivity index (χ1) is 11.6. The molecule has 0 aliphatic rings. The molecule has 0 aliphatic heterocycles. The molecule has 3 aromatic rings. The van der Waals surface area contributed by atoms with E-state index in [9.17, 15) is 14.9 Å². The van der Waals surface area contributed by atoms with Gasteiger partial charge in [0.25, 0.3) is 5.91 Å². The molecule has 1 N–H and O–H groups in total. The lowest BCUT2D eigenvalue weighted by Crippen LogP contribution is -2.10. The number of amides is 1. The molecule has 1 aromatic carbocycles. The lowest BCUT2D eigenvalue weighted by atomic mass is 10.2. The summed E-state index contributed by atoms with van der Waals surface area (Å²) in [6.45, 7) is 0. The van der Waals surface area contributed by atoms with Crippen LogP contribution in [0.4, 0.5) is 10.1 Å². The number of thiazole rings is 1. The molecular formula is C15H11N3O3S3. The number of hydrogen-bond donors (Lipinski definition) is 1. The predicted molar refractivity (Wildman–Crippen MR) is 98.3 cm³/mol. The number of carbonyl (C=O) groups is 1. The van der Waals surface area contributed by atoms with Crippen molar-refractivity contribution in [3.05, 3.63) is 56.8 Å². The first kappa shape index (κ1) is 16.6. The quantitative estimate of drug-likeness (QED) is 0.394. The fraction of sp³-hybridized carbons (Fsp3) is 0.0667. The summed E-state index contributed by atoms with van der Waals surface area (Å²) in [4.78, 5) is 27.8. The third-order valence-corrected chi connectivity index (χ3v) is 5.52. The third kappa shape index (κ3) is 3.64. The van der Waals surface area contributed by atoms with E-state index in [1.54, 1.807) is 11.8 Å². The van der Waals surface area contributed by atoms with Crippen molar-refractivity contribution in [3.63, 3.8) is 0 Å². The van der Waals surface area contributed by atoms with Gasteiger partial charge in [0.05, 0.1) is 16.2 Å². The number of carbonyl (C=O) groups excluding carboxylic acids is 1.